The zero-order valence-corrected chi connectivity index (χ0v) is 13.8. The molecule has 6 nitrogen and oxygen atoms in total. The Morgan fingerprint density at radius 3 is 2.68 bits per heavy atom. The second kappa shape index (κ2) is 9.89. The summed E-state index contributed by atoms with van der Waals surface area (Å²) in [6.07, 6.45) is 0. The van der Waals surface area contributed by atoms with Gasteiger partial charge in [0.1, 0.15) is 0 Å². The van der Waals surface area contributed by atoms with Gasteiger partial charge in [0.25, 0.3) is 0 Å². The number of methoxy groups -OCH3 is 1. The Labute approximate surface area is 132 Å². The third-order valence-corrected chi connectivity index (χ3v) is 2.94. The van der Waals surface area contributed by atoms with E-state index in [0.717, 1.165) is 12.2 Å². The molecule has 1 aromatic rings. The SMILES string of the molecule is CCNC(=NCC(C)CO)Nc1ccc(OCC)c(OC)c1. The van der Waals surface area contributed by atoms with Crippen molar-refractivity contribution >= 4 is 11.6 Å². The van der Waals surface area contributed by atoms with Gasteiger partial charge in [0.15, 0.2) is 17.5 Å². The van der Waals surface area contributed by atoms with Crippen LogP contribution in [0.4, 0.5) is 5.69 Å². The molecule has 1 atom stereocenters. The Bertz CT molecular complexity index is 478. The number of nitrogens with zero attached hydrogens (tertiary/aromatic N) is 1. The molecule has 0 radical (unpaired) electrons. The van der Waals surface area contributed by atoms with E-state index in [1.807, 2.05) is 39.0 Å². The third kappa shape index (κ3) is 5.81. The van der Waals surface area contributed by atoms with Gasteiger partial charge in [0.05, 0.1) is 13.7 Å². The van der Waals surface area contributed by atoms with Gasteiger partial charge >= 0.3 is 0 Å². The Kier molecular flexibility index (Phi) is 8.14. The van der Waals surface area contributed by atoms with Gasteiger partial charge in [0.2, 0.25) is 0 Å². The van der Waals surface area contributed by atoms with Gasteiger partial charge in [-0.3, -0.25) is 4.99 Å². The first kappa shape index (κ1) is 18.1. The average molecular weight is 309 g/mol. The predicted molar refractivity (Wildman–Crippen MR) is 90.0 cm³/mol. The van der Waals surface area contributed by atoms with Gasteiger partial charge in [-0.15, -0.1) is 0 Å². The first-order chi connectivity index (χ1) is 10.6. The molecule has 1 unspecified atom stereocenters. The summed E-state index contributed by atoms with van der Waals surface area (Å²) in [7, 11) is 1.61. The largest absolute Gasteiger partial charge is 0.493 e. The highest BCUT2D eigenvalue weighted by Crippen LogP contribution is 2.30. The fourth-order valence-corrected chi connectivity index (χ4v) is 1.77. The van der Waals surface area contributed by atoms with E-state index in [1.54, 1.807) is 7.11 Å². The first-order valence-corrected chi connectivity index (χ1v) is 7.61. The number of ether oxygens (including phenoxy) is 2. The predicted octanol–water partition coefficient (Wildman–Crippen LogP) is 2.10. The summed E-state index contributed by atoms with van der Waals surface area (Å²) in [6.45, 7) is 7.92. The minimum atomic E-state index is 0.125. The van der Waals surface area contributed by atoms with Crippen LogP contribution in [0.3, 0.4) is 0 Å². The van der Waals surface area contributed by atoms with Crippen molar-refractivity contribution in [1.82, 2.24) is 5.32 Å². The molecule has 3 N–H and O–H groups in total. The Hall–Kier alpha value is -1.95. The lowest BCUT2D eigenvalue weighted by Gasteiger charge is -2.15. The molecule has 0 heterocycles. The summed E-state index contributed by atoms with van der Waals surface area (Å²) in [4.78, 5) is 4.46. The van der Waals surface area contributed by atoms with E-state index in [1.165, 1.54) is 0 Å². The van der Waals surface area contributed by atoms with Crippen LogP contribution in [-0.4, -0.2) is 44.5 Å². The van der Waals surface area contributed by atoms with Crippen LogP contribution in [0.5, 0.6) is 11.5 Å². The van der Waals surface area contributed by atoms with Gasteiger partial charge in [-0.05, 0) is 31.9 Å². The van der Waals surface area contributed by atoms with E-state index >= 15 is 0 Å². The summed E-state index contributed by atoms with van der Waals surface area (Å²) in [6, 6.07) is 5.65. The third-order valence-electron chi connectivity index (χ3n) is 2.94. The lowest BCUT2D eigenvalue weighted by molar-refractivity contribution is 0.241. The van der Waals surface area contributed by atoms with Crippen LogP contribution in [0.25, 0.3) is 0 Å². The van der Waals surface area contributed by atoms with Crippen LogP contribution in [0.15, 0.2) is 23.2 Å². The molecule has 0 fully saturated rings. The number of benzene rings is 1. The summed E-state index contributed by atoms with van der Waals surface area (Å²) >= 11 is 0. The monoisotopic (exact) mass is 309 g/mol. The van der Waals surface area contributed by atoms with Gasteiger partial charge in [-0.1, -0.05) is 6.92 Å². The Morgan fingerprint density at radius 1 is 1.32 bits per heavy atom. The number of aliphatic hydroxyl groups is 1. The molecule has 22 heavy (non-hydrogen) atoms. The lowest BCUT2D eigenvalue weighted by atomic mass is 10.2. The van der Waals surface area contributed by atoms with Crippen molar-refractivity contribution in [2.45, 2.75) is 20.8 Å². The number of nitrogens with one attached hydrogen (secondary N) is 2. The molecule has 1 rings (SSSR count). The van der Waals surface area contributed by atoms with Crippen LogP contribution >= 0.6 is 0 Å². The molecule has 0 aliphatic heterocycles. The average Bonchev–Trinajstić information content (AvgIpc) is 2.54. The van der Waals surface area contributed by atoms with E-state index in [4.69, 9.17) is 14.6 Å². The smallest absolute Gasteiger partial charge is 0.195 e. The summed E-state index contributed by atoms with van der Waals surface area (Å²) in [5, 5.41) is 15.5. The number of hydrogen-bond acceptors (Lipinski definition) is 4. The van der Waals surface area contributed by atoms with E-state index in [2.05, 4.69) is 15.6 Å². The minimum absolute atomic E-state index is 0.125. The quantitative estimate of drug-likeness (QED) is 0.506. The number of anilines is 1. The molecule has 6 heteroatoms. The fourth-order valence-electron chi connectivity index (χ4n) is 1.77. The maximum Gasteiger partial charge on any atom is 0.195 e. The highest BCUT2D eigenvalue weighted by atomic mass is 16.5. The summed E-state index contributed by atoms with van der Waals surface area (Å²) in [5.41, 5.74) is 0.858. The van der Waals surface area contributed by atoms with Crippen molar-refractivity contribution in [2.24, 2.45) is 10.9 Å². The second-order valence-electron chi connectivity index (χ2n) is 4.93. The normalized spacial score (nSPS) is 12.7. The highest BCUT2D eigenvalue weighted by Gasteiger charge is 2.07. The molecule has 0 saturated heterocycles. The van der Waals surface area contributed by atoms with Crippen LogP contribution in [0.2, 0.25) is 0 Å². The van der Waals surface area contributed by atoms with Gasteiger partial charge in [-0.2, -0.15) is 0 Å². The maximum absolute atomic E-state index is 9.08. The number of rotatable bonds is 8. The molecule has 0 aliphatic rings. The van der Waals surface area contributed by atoms with Crippen LogP contribution in [-0.2, 0) is 0 Å². The Morgan fingerprint density at radius 2 is 2.09 bits per heavy atom. The highest BCUT2D eigenvalue weighted by molar-refractivity contribution is 5.93. The molecule has 124 valence electrons. The van der Waals surface area contributed by atoms with E-state index < -0.39 is 0 Å². The molecule has 0 saturated carbocycles. The standard InChI is InChI=1S/C16H27N3O3/c1-5-17-16(18-10-12(3)11-20)19-13-7-8-14(22-6-2)15(9-13)21-4/h7-9,12,20H,5-6,10-11H2,1-4H3,(H2,17,18,19). The van der Waals surface area contributed by atoms with Crippen LogP contribution in [0.1, 0.15) is 20.8 Å². The minimum Gasteiger partial charge on any atom is -0.493 e. The molecular weight excluding hydrogens is 282 g/mol. The van der Waals surface area contributed by atoms with Crippen LogP contribution < -0.4 is 20.1 Å². The van der Waals surface area contributed by atoms with Crippen molar-refractivity contribution in [2.75, 3.05) is 38.7 Å². The number of aliphatic hydroxyl groups excluding tert-OH is 1. The van der Waals surface area contributed by atoms with Crippen molar-refractivity contribution < 1.29 is 14.6 Å². The zero-order valence-electron chi connectivity index (χ0n) is 13.8. The second-order valence-corrected chi connectivity index (χ2v) is 4.93. The van der Waals surface area contributed by atoms with E-state index in [0.29, 0.717) is 30.6 Å². The van der Waals surface area contributed by atoms with E-state index in [9.17, 15) is 0 Å². The van der Waals surface area contributed by atoms with Gasteiger partial charge in [-0.25, -0.2) is 0 Å². The lowest BCUT2D eigenvalue weighted by Crippen LogP contribution is -2.31. The fraction of sp³-hybridized carbons (Fsp3) is 0.562. The van der Waals surface area contributed by atoms with Crippen molar-refractivity contribution in [3.63, 3.8) is 0 Å². The number of guanidine groups is 1. The van der Waals surface area contributed by atoms with Crippen molar-refractivity contribution in [3.05, 3.63) is 18.2 Å². The van der Waals surface area contributed by atoms with Gasteiger partial charge < -0.3 is 25.2 Å². The van der Waals surface area contributed by atoms with Crippen molar-refractivity contribution in [3.8, 4) is 11.5 Å². The maximum atomic E-state index is 9.08. The zero-order chi connectivity index (χ0) is 16.4. The van der Waals surface area contributed by atoms with E-state index in [-0.39, 0.29) is 12.5 Å². The van der Waals surface area contributed by atoms with Crippen LogP contribution in [0, 0.1) is 5.92 Å². The molecular formula is C16H27N3O3. The topological polar surface area (TPSA) is 75.1 Å². The molecule has 0 bridgehead atoms. The molecule has 1 aromatic carbocycles. The molecule has 0 spiro atoms. The Balaban J connectivity index is 2.84. The molecule has 0 aliphatic carbocycles. The van der Waals surface area contributed by atoms with Gasteiger partial charge in [0, 0.05) is 31.5 Å². The number of hydrogen-bond donors (Lipinski definition) is 3. The molecule has 0 aromatic heterocycles. The summed E-state index contributed by atoms with van der Waals surface area (Å²) < 4.78 is 10.8. The number of aliphatic imine (C=N–C) groups is 1. The summed E-state index contributed by atoms with van der Waals surface area (Å²) in [5.74, 6) is 2.19. The van der Waals surface area contributed by atoms with Crippen molar-refractivity contribution in [1.29, 1.82) is 0 Å². The first-order valence-electron chi connectivity index (χ1n) is 7.61. The molecule has 0 amide bonds.